The average Bonchev–Trinajstić information content (AvgIpc) is 3.22. The molecule has 1 aliphatic heterocycles. The van der Waals surface area contributed by atoms with Gasteiger partial charge in [0, 0.05) is 50.4 Å². The van der Waals surface area contributed by atoms with Gasteiger partial charge >= 0.3 is 0 Å². The van der Waals surface area contributed by atoms with Crippen LogP contribution in [0.4, 0.5) is 0 Å². The molecule has 2 N–H and O–H groups in total. The van der Waals surface area contributed by atoms with Crippen molar-refractivity contribution in [3.05, 3.63) is 191 Å². The molecule has 6 heteroatoms. The summed E-state index contributed by atoms with van der Waals surface area (Å²) in [4.78, 5) is 31.1. The Morgan fingerprint density at radius 2 is 1.47 bits per heavy atom. The highest BCUT2D eigenvalue weighted by Crippen LogP contribution is 2.22. The first kappa shape index (κ1) is 44.2. The van der Waals surface area contributed by atoms with E-state index in [9.17, 15) is 14.7 Å². The van der Waals surface area contributed by atoms with Crippen molar-refractivity contribution in [2.24, 2.45) is 0 Å². The van der Waals surface area contributed by atoms with Gasteiger partial charge < -0.3 is 15.3 Å². The fourth-order valence-electron chi connectivity index (χ4n) is 6.95. The molecule has 4 aromatic carbocycles. The maximum atomic E-state index is 13.8. The Morgan fingerprint density at radius 3 is 2.07 bits per heavy atom. The first-order chi connectivity index (χ1) is 27.7. The van der Waals surface area contributed by atoms with Gasteiger partial charge in [-0.1, -0.05) is 147 Å². The quantitative estimate of drug-likeness (QED) is 0.0881. The third-order valence-corrected chi connectivity index (χ3v) is 10.1. The van der Waals surface area contributed by atoms with Gasteiger partial charge in [0.1, 0.15) is 0 Å². The van der Waals surface area contributed by atoms with Crippen LogP contribution in [-0.4, -0.2) is 65.0 Å². The molecule has 1 atom stereocenters. The van der Waals surface area contributed by atoms with Crippen LogP contribution in [0, 0.1) is 20.8 Å². The van der Waals surface area contributed by atoms with Crippen molar-refractivity contribution in [1.82, 2.24) is 15.1 Å². The number of hydrogen-bond donors (Lipinski definition) is 2. The van der Waals surface area contributed by atoms with E-state index in [1.807, 2.05) is 105 Å². The molecule has 4 aromatic rings. The number of hydrogen-bond acceptors (Lipinski definition) is 4. The number of aryl methyl sites for hydroxylation is 3. The molecule has 0 spiro atoms. The van der Waals surface area contributed by atoms with Gasteiger partial charge in [-0.05, 0) is 98.1 Å². The highest BCUT2D eigenvalue weighted by Gasteiger charge is 2.29. The molecule has 0 radical (unpaired) electrons. The van der Waals surface area contributed by atoms with Gasteiger partial charge in [-0.15, -0.1) is 0 Å². The molecule has 1 unspecified atom stereocenters. The molecule has 57 heavy (non-hydrogen) atoms. The number of likely N-dealkylation sites (tertiary alicyclic amines) is 1. The van der Waals surface area contributed by atoms with Gasteiger partial charge in [-0.2, -0.15) is 0 Å². The van der Waals surface area contributed by atoms with Crippen molar-refractivity contribution >= 4 is 23.5 Å². The number of carbonyl (C=O) groups is 2. The van der Waals surface area contributed by atoms with Crippen molar-refractivity contribution in [3.8, 4) is 0 Å². The second kappa shape index (κ2) is 24.2. The summed E-state index contributed by atoms with van der Waals surface area (Å²) in [6, 6.07) is 34.4. The maximum Gasteiger partial charge on any atom is 0.251 e. The molecule has 0 bridgehead atoms. The van der Waals surface area contributed by atoms with E-state index >= 15 is 0 Å². The van der Waals surface area contributed by atoms with Crippen LogP contribution in [0.25, 0.3) is 11.6 Å². The fourth-order valence-corrected chi connectivity index (χ4v) is 6.95. The van der Waals surface area contributed by atoms with E-state index in [4.69, 9.17) is 0 Å². The number of rotatable bonds is 16. The molecule has 1 fully saturated rings. The molecule has 6 nitrogen and oxygen atoms in total. The Hall–Kier alpha value is -5.56. The molecule has 2 amide bonds. The maximum absolute atomic E-state index is 13.8. The molecular weight excluding hydrogens is 703 g/mol. The first-order valence-electron chi connectivity index (χ1n) is 20.2. The molecule has 1 saturated heterocycles. The minimum absolute atomic E-state index is 0.00624. The van der Waals surface area contributed by atoms with Crippen molar-refractivity contribution in [2.75, 3.05) is 26.2 Å². The van der Waals surface area contributed by atoms with E-state index in [-0.39, 0.29) is 30.9 Å². The van der Waals surface area contributed by atoms with Crippen LogP contribution in [-0.2, 0) is 11.3 Å². The monoisotopic (exact) mass is 763 g/mol. The van der Waals surface area contributed by atoms with Crippen molar-refractivity contribution in [3.63, 3.8) is 0 Å². The zero-order valence-electron chi connectivity index (χ0n) is 34.3. The third kappa shape index (κ3) is 15.1. The Morgan fingerprint density at radius 1 is 0.842 bits per heavy atom. The first-order valence-corrected chi connectivity index (χ1v) is 20.2. The fraction of sp³-hybridized carbons (Fsp3) is 0.294. The van der Waals surface area contributed by atoms with Crippen LogP contribution in [0.2, 0.25) is 0 Å². The smallest absolute Gasteiger partial charge is 0.251 e. The number of carbonyl (C=O) groups excluding carboxylic acids is 2. The van der Waals surface area contributed by atoms with Crippen molar-refractivity contribution < 1.29 is 14.7 Å². The number of nitrogens with zero attached hydrogens (tertiary/aromatic N) is 2. The predicted octanol–water partition coefficient (Wildman–Crippen LogP) is 10.1. The lowest BCUT2D eigenvalue weighted by Crippen LogP contribution is -2.50. The zero-order valence-corrected chi connectivity index (χ0v) is 34.3. The number of benzene rings is 4. The number of aliphatic hydroxyl groups is 1. The molecular formula is C51H61N3O3. The predicted molar refractivity (Wildman–Crippen MR) is 239 cm³/mol. The summed E-state index contributed by atoms with van der Waals surface area (Å²) >= 11 is 0. The Kier molecular flexibility index (Phi) is 18.7. The Bertz CT molecular complexity index is 1930. The molecule has 0 aliphatic carbocycles. The van der Waals surface area contributed by atoms with Gasteiger partial charge in [0.25, 0.3) is 5.91 Å². The topological polar surface area (TPSA) is 72.9 Å². The van der Waals surface area contributed by atoms with E-state index in [0.717, 1.165) is 67.6 Å². The van der Waals surface area contributed by atoms with Gasteiger partial charge in [-0.25, -0.2) is 0 Å². The van der Waals surface area contributed by atoms with Gasteiger partial charge in [-0.3, -0.25) is 14.5 Å². The average molecular weight is 764 g/mol. The second-order valence-electron chi connectivity index (χ2n) is 14.6. The lowest BCUT2D eigenvalue weighted by molar-refractivity contribution is -0.130. The number of piperidine rings is 1. The number of nitrogens with one attached hydrogen (secondary N) is 1. The van der Waals surface area contributed by atoms with Gasteiger partial charge in [0.05, 0.1) is 6.10 Å². The molecule has 0 saturated carbocycles. The van der Waals surface area contributed by atoms with E-state index < -0.39 is 6.10 Å². The summed E-state index contributed by atoms with van der Waals surface area (Å²) in [7, 11) is 0. The summed E-state index contributed by atoms with van der Waals surface area (Å²) in [6.45, 7) is 14.8. The second-order valence-corrected chi connectivity index (χ2v) is 14.6. The molecule has 5 rings (SSSR count). The summed E-state index contributed by atoms with van der Waals surface area (Å²) in [6.07, 6.45) is 17.8. The zero-order chi connectivity index (χ0) is 40.8. The van der Waals surface area contributed by atoms with E-state index in [0.29, 0.717) is 5.56 Å². The van der Waals surface area contributed by atoms with Crippen LogP contribution in [0.15, 0.2) is 152 Å². The minimum Gasteiger partial charge on any atom is -0.389 e. The third-order valence-electron chi connectivity index (χ3n) is 10.1. The summed E-state index contributed by atoms with van der Waals surface area (Å²) < 4.78 is 0. The van der Waals surface area contributed by atoms with Crippen LogP contribution in [0.3, 0.4) is 0 Å². The normalized spacial score (nSPS) is 14.4. The van der Waals surface area contributed by atoms with Crippen LogP contribution < -0.4 is 5.32 Å². The number of amides is 2. The molecule has 298 valence electrons. The summed E-state index contributed by atoms with van der Waals surface area (Å²) in [5.41, 5.74) is 8.64. The van der Waals surface area contributed by atoms with E-state index in [1.165, 1.54) is 16.7 Å². The Balaban J connectivity index is 0.000000925. The van der Waals surface area contributed by atoms with Crippen molar-refractivity contribution in [1.29, 1.82) is 0 Å². The van der Waals surface area contributed by atoms with Crippen LogP contribution >= 0.6 is 0 Å². The standard InChI is InChI=1S/C44H53N3O3.C7H8/c1-5-7-8-9-13-20-37(15-6-2)38-21-23-39(24-22-38)44(50)45-31-41(48)33-47(43(49)26-25-42-34(3)16-14-17-35(42)4)40-27-29-46(30-28-40)32-36-18-11-10-12-19-36;1-7-5-3-2-4-6-7/h5,7-19,21-26,40-41,48H,1,6,20,27-33H2,2-4H3,(H,45,50);2-6H,1H3/b8-7-,13-9-,26-25+,37-15+;. The minimum atomic E-state index is -0.917. The van der Waals surface area contributed by atoms with Gasteiger partial charge in [0.2, 0.25) is 5.91 Å². The lowest BCUT2D eigenvalue weighted by atomic mass is 9.99. The van der Waals surface area contributed by atoms with Gasteiger partial charge in [0.15, 0.2) is 0 Å². The van der Waals surface area contributed by atoms with Crippen LogP contribution in [0.1, 0.15) is 76.3 Å². The van der Waals surface area contributed by atoms with Crippen molar-refractivity contribution in [2.45, 2.75) is 72.1 Å². The number of aliphatic hydroxyl groups excluding tert-OH is 1. The highest BCUT2D eigenvalue weighted by atomic mass is 16.3. The Labute approximate surface area is 341 Å². The molecule has 1 aliphatic rings. The van der Waals surface area contributed by atoms with E-state index in [1.54, 1.807) is 17.1 Å². The number of allylic oxidation sites excluding steroid dienone is 7. The summed E-state index contributed by atoms with van der Waals surface area (Å²) in [5, 5.41) is 14.0. The highest BCUT2D eigenvalue weighted by molar-refractivity contribution is 5.94. The lowest BCUT2D eigenvalue weighted by Gasteiger charge is -2.39. The molecule has 0 aromatic heterocycles. The van der Waals surface area contributed by atoms with E-state index in [2.05, 4.69) is 79.2 Å². The molecule has 1 heterocycles. The summed E-state index contributed by atoms with van der Waals surface area (Å²) in [5.74, 6) is -0.384. The van der Waals surface area contributed by atoms with Crippen LogP contribution in [0.5, 0.6) is 0 Å². The SMILES string of the molecule is C=C/C=C\C=C/C/C(=C\CC)c1ccc(C(=O)NCC(O)CN(C(=O)/C=C/c2c(C)cccc2C)C2CCN(Cc3ccccc3)CC2)cc1.Cc1ccccc1. The largest absolute Gasteiger partial charge is 0.389 e.